The van der Waals surface area contributed by atoms with E-state index in [2.05, 4.69) is 40.0 Å². The third kappa shape index (κ3) is 5.49. The number of carbonyl (C=O) groups is 1. The Morgan fingerprint density at radius 2 is 1.79 bits per heavy atom. The van der Waals surface area contributed by atoms with E-state index in [-0.39, 0.29) is 17.9 Å². The van der Waals surface area contributed by atoms with Gasteiger partial charge in [-0.15, -0.1) is 0 Å². The highest BCUT2D eigenvalue weighted by Gasteiger charge is 2.42. The minimum atomic E-state index is -0.273. The molecule has 7 rings (SSSR count). The molecule has 42 heavy (non-hydrogen) atoms. The van der Waals surface area contributed by atoms with E-state index in [0.29, 0.717) is 62.2 Å². The number of aryl methyl sites for hydroxylation is 1. The maximum atomic E-state index is 15.5. The van der Waals surface area contributed by atoms with Gasteiger partial charge in [0.25, 0.3) is 0 Å². The number of carbonyl (C=O) groups excluding carboxylic acids is 1. The fraction of sp³-hybridized carbons (Fsp3) is 0.576. The van der Waals surface area contributed by atoms with Gasteiger partial charge in [-0.25, -0.2) is 14.2 Å². The summed E-state index contributed by atoms with van der Waals surface area (Å²) in [6, 6.07) is 14.8. The van der Waals surface area contributed by atoms with Crippen LogP contribution in [0.25, 0.3) is 11.0 Å². The topological polar surface area (TPSA) is 65.9 Å². The first-order valence-corrected chi connectivity index (χ1v) is 15.9. The predicted octanol–water partition coefficient (Wildman–Crippen LogP) is 5.45. The molecule has 0 spiro atoms. The highest BCUT2D eigenvalue weighted by atomic mass is 19.1. The number of morpholine rings is 1. The van der Waals surface area contributed by atoms with E-state index in [0.717, 1.165) is 56.4 Å². The van der Waals surface area contributed by atoms with Crippen LogP contribution in [0.4, 0.5) is 20.6 Å². The molecule has 2 unspecified atom stereocenters. The molecular formula is C33H43FN6O2. The molecule has 1 aliphatic carbocycles. The molecule has 3 saturated heterocycles. The summed E-state index contributed by atoms with van der Waals surface area (Å²) in [5, 5.41) is 3.28. The van der Waals surface area contributed by atoms with Gasteiger partial charge in [-0.05, 0) is 74.8 Å². The molecule has 9 heteroatoms. The van der Waals surface area contributed by atoms with Crippen LogP contribution in [-0.2, 0) is 18.3 Å². The number of halogens is 1. The number of nitrogens with one attached hydrogen (secondary N) is 1. The SMILES string of the molecule is Cn1c(CN2C3CCC2CC(CN(C(=O)NC2CCCC2)c2ccc(N4CCOCC4)c(F)c2)C3)nc2ccccc21. The number of nitrogens with zero attached hydrogens (tertiary/aromatic N) is 5. The summed E-state index contributed by atoms with van der Waals surface area (Å²) < 4.78 is 23.2. The van der Waals surface area contributed by atoms with Crippen molar-refractivity contribution in [2.24, 2.45) is 13.0 Å². The number of para-hydroxylation sites is 2. The van der Waals surface area contributed by atoms with Crippen LogP contribution in [-0.4, -0.2) is 71.5 Å². The van der Waals surface area contributed by atoms with Crippen LogP contribution in [0, 0.1) is 11.7 Å². The molecular weight excluding hydrogens is 531 g/mol. The molecule has 3 aliphatic heterocycles. The molecule has 0 radical (unpaired) electrons. The average Bonchev–Trinajstić information content (AvgIpc) is 3.69. The van der Waals surface area contributed by atoms with Crippen molar-refractivity contribution in [3.8, 4) is 0 Å². The number of rotatable bonds is 7. The van der Waals surface area contributed by atoms with Crippen LogP contribution in [0.3, 0.4) is 0 Å². The van der Waals surface area contributed by atoms with E-state index in [1.807, 2.05) is 28.0 Å². The Labute approximate surface area is 247 Å². The average molecular weight is 575 g/mol. The van der Waals surface area contributed by atoms with Gasteiger partial charge >= 0.3 is 6.03 Å². The number of piperidine rings is 1. The maximum Gasteiger partial charge on any atom is 0.322 e. The van der Waals surface area contributed by atoms with Crippen molar-refractivity contribution in [3.63, 3.8) is 0 Å². The number of fused-ring (bicyclic) bond motifs is 3. The van der Waals surface area contributed by atoms with E-state index >= 15 is 4.39 Å². The van der Waals surface area contributed by atoms with E-state index in [1.165, 1.54) is 18.4 Å². The molecule has 2 amide bonds. The van der Waals surface area contributed by atoms with Gasteiger partial charge in [0.15, 0.2) is 0 Å². The Hall–Kier alpha value is -3.17. The van der Waals surface area contributed by atoms with Crippen molar-refractivity contribution in [1.29, 1.82) is 0 Å². The number of urea groups is 1. The largest absolute Gasteiger partial charge is 0.378 e. The second kappa shape index (κ2) is 11.8. The lowest BCUT2D eigenvalue weighted by atomic mass is 9.90. The predicted molar refractivity (Wildman–Crippen MR) is 163 cm³/mol. The van der Waals surface area contributed by atoms with Gasteiger partial charge in [-0.3, -0.25) is 9.80 Å². The van der Waals surface area contributed by atoms with Gasteiger partial charge in [-0.1, -0.05) is 25.0 Å². The zero-order valence-corrected chi connectivity index (χ0v) is 24.7. The Kier molecular flexibility index (Phi) is 7.80. The molecule has 3 aromatic rings. The minimum Gasteiger partial charge on any atom is -0.378 e. The van der Waals surface area contributed by atoms with Crippen molar-refractivity contribution in [2.75, 3.05) is 42.6 Å². The number of hydrogen-bond donors (Lipinski definition) is 1. The summed E-state index contributed by atoms with van der Waals surface area (Å²) >= 11 is 0. The molecule has 1 aromatic heterocycles. The lowest BCUT2D eigenvalue weighted by molar-refractivity contribution is 0.0948. The Bertz CT molecular complexity index is 1400. The number of benzene rings is 2. The molecule has 2 bridgehead atoms. The monoisotopic (exact) mass is 574 g/mol. The molecule has 4 heterocycles. The van der Waals surface area contributed by atoms with Crippen LogP contribution in [0.15, 0.2) is 42.5 Å². The molecule has 1 saturated carbocycles. The maximum absolute atomic E-state index is 15.5. The number of ether oxygens (including phenoxy) is 1. The fourth-order valence-corrected chi connectivity index (χ4v) is 7.91. The Morgan fingerprint density at radius 3 is 2.50 bits per heavy atom. The lowest BCUT2D eigenvalue weighted by Gasteiger charge is -2.40. The van der Waals surface area contributed by atoms with Crippen LogP contribution in [0.1, 0.15) is 57.2 Å². The van der Waals surface area contributed by atoms with Crippen LogP contribution in [0.2, 0.25) is 0 Å². The number of anilines is 2. The Morgan fingerprint density at radius 1 is 1.05 bits per heavy atom. The van der Waals surface area contributed by atoms with Crippen LogP contribution < -0.4 is 15.1 Å². The first kappa shape index (κ1) is 27.7. The minimum absolute atomic E-state index is 0.0881. The first-order chi connectivity index (χ1) is 20.5. The second-order valence-corrected chi connectivity index (χ2v) is 12.7. The van der Waals surface area contributed by atoms with Gasteiger partial charge < -0.3 is 19.5 Å². The summed E-state index contributed by atoms with van der Waals surface area (Å²) in [5.41, 5.74) is 3.46. The summed E-state index contributed by atoms with van der Waals surface area (Å²) in [4.78, 5) is 25.2. The van der Waals surface area contributed by atoms with Crippen LogP contribution in [0.5, 0.6) is 0 Å². The van der Waals surface area contributed by atoms with Gasteiger partial charge in [0.1, 0.15) is 11.6 Å². The van der Waals surface area contributed by atoms with Gasteiger partial charge in [0, 0.05) is 50.5 Å². The van der Waals surface area contributed by atoms with Gasteiger partial charge in [0.2, 0.25) is 0 Å². The van der Waals surface area contributed by atoms with Crippen molar-refractivity contribution in [3.05, 3.63) is 54.1 Å². The van der Waals surface area contributed by atoms with Crippen molar-refractivity contribution in [2.45, 2.75) is 76.0 Å². The fourth-order valence-electron chi connectivity index (χ4n) is 7.91. The summed E-state index contributed by atoms with van der Waals surface area (Å²) in [6.45, 7) is 4.04. The third-order valence-electron chi connectivity index (χ3n) is 10.1. The summed E-state index contributed by atoms with van der Waals surface area (Å²) in [7, 11) is 2.11. The number of hydrogen-bond acceptors (Lipinski definition) is 5. The normalized spacial score (nSPS) is 24.9. The molecule has 4 fully saturated rings. The van der Waals surface area contributed by atoms with Crippen molar-refractivity contribution < 1.29 is 13.9 Å². The number of imidazole rings is 1. The van der Waals surface area contributed by atoms with E-state index < -0.39 is 0 Å². The highest BCUT2D eigenvalue weighted by Crippen LogP contribution is 2.40. The molecule has 8 nitrogen and oxygen atoms in total. The Balaban J connectivity index is 1.08. The molecule has 224 valence electrons. The van der Waals surface area contributed by atoms with E-state index in [9.17, 15) is 4.79 Å². The van der Waals surface area contributed by atoms with Gasteiger partial charge in [0.05, 0.1) is 36.5 Å². The highest BCUT2D eigenvalue weighted by molar-refractivity contribution is 5.92. The van der Waals surface area contributed by atoms with E-state index in [4.69, 9.17) is 9.72 Å². The first-order valence-electron chi connectivity index (χ1n) is 15.9. The molecule has 2 atom stereocenters. The smallest absolute Gasteiger partial charge is 0.322 e. The van der Waals surface area contributed by atoms with Crippen LogP contribution >= 0.6 is 0 Å². The summed E-state index contributed by atoms with van der Waals surface area (Å²) in [5.74, 6) is 1.21. The lowest BCUT2D eigenvalue weighted by Crippen LogP contribution is -2.49. The number of aromatic nitrogens is 2. The molecule has 1 N–H and O–H groups in total. The zero-order chi connectivity index (χ0) is 28.6. The van der Waals surface area contributed by atoms with Crippen molar-refractivity contribution in [1.82, 2.24) is 19.8 Å². The molecule has 4 aliphatic rings. The van der Waals surface area contributed by atoms with Gasteiger partial charge in [-0.2, -0.15) is 0 Å². The van der Waals surface area contributed by atoms with Crippen molar-refractivity contribution >= 4 is 28.4 Å². The number of amides is 2. The third-order valence-corrected chi connectivity index (χ3v) is 10.1. The zero-order valence-electron chi connectivity index (χ0n) is 24.7. The summed E-state index contributed by atoms with van der Waals surface area (Å²) in [6.07, 6.45) is 8.81. The standard InChI is InChI=1S/C33H43FN6O2/c1-37-31-9-5-4-8-29(31)36-32(37)22-39-25-10-11-26(39)19-23(18-25)21-40(33(41)35-24-6-2-3-7-24)27-12-13-30(28(34)20-27)38-14-16-42-17-15-38/h4-5,8-9,12-13,20,23-26H,2-3,6-7,10-11,14-19,21-22H2,1H3,(H,35,41). The second-order valence-electron chi connectivity index (χ2n) is 12.7. The van der Waals surface area contributed by atoms with E-state index in [1.54, 1.807) is 6.07 Å². The quantitative estimate of drug-likeness (QED) is 0.407. The molecule has 2 aromatic carbocycles.